The third-order valence-corrected chi connectivity index (χ3v) is 6.09. The van der Waals surface area contributed by atoms with E-state index in [1.807, 2.05) is 50.2 Å². The van der Waals surface area contributed by atoms with Gasteiger partial charge in [0.25, 0.3) is 0 Å². The molecule has 0 saturated carbocycles. The highest BCUT2D eigenvalue weighted by molar-refractivity contribution is 9.10. The van der Waals surface area contributed by atoms with Crippen LogP contribution in [0.25, 0.3) is 0 Å². The molecule has 2 aromatic rings. The summed E-state index contributed by atoms with van der Waals surface area (Å²) < 4.78 is 0.990. The summed E-state index contributed by atoms with van der Waals surface area (Å²) in [6, 6.07) is 15.8. The number of hydrogen-bond donors (Lipinski definition) is 1. The molecule has 0 unspecified atom stereocenters. The van der Waals surface area contributed by atoms with Crippen molar-refractivity contribution in [2.24, 2.45) is 5.92 Å². The molecular weight excluding hydrogens is 428 g/mol. The van der Waals surface area contributed by atoms with Crippen LogP contribution in [-0.4, -0.2) is 36.2 Å². The van der Waals surface area contributed by atoms with Crippen LogP contribution < -0.4 is 5.32 Å². The van der Waals surface area contributed by atoms with Gasteiger partial charge in [0, 0.05) is 34.6 Å². The first-order valence-electron chi connectivity index (χ1n) is 10.3. The number of carbonyl (C=O) groups excluding carboxylic acids is 2. The summed E-state index contributed by atoms with van der Waals surface area (Å²) in [7, 11) is 0. The summed E-state index contributed by atoms with van der Waals surface area (Å²) in [6.45, 7) is 6.61. The Hall–Kier alpha value is -1.98. The number of piperidine rings is 1. The van der Waals surface area contributed by atoms with Crippen molar-refractivity contribution in [3.63, 3.8) is 0 Å². The van der Waals surface area contributed by atoms with Gasteiger partial charge in [-0.05, 0) is 61.7 Å². The predicted molar refractivity (Wildman–Crippen MR) is 121 cm³/mol. The Kier molecular flexibility index (Phi) is 7.62. The Labute approximate surface area is 181 Å². The zero-order chi connectivity index (χ0) is 20.8. The third kappa shape index (κ3) is 6.25. The van der Waals surface area contributed by atoms with Gasteiger partial charge in [0.1, 0.15) is 0 Å². The van der Waals surface area contributed by atoms with Crippen LogP contribution in [0.4, 0.5) is 5.69 Å². The fraction of sp³-hybridized carbons (Fsp3) is 0.417. The van der Waals surface area contributed by atoms with Crippen LogP contribution in [0, 0.1) is 5.92 Å². The van der Waals surface area contributed by atoms with Crippen molar-refractivity contribution in [1.29, 1.82) is 0 Å². The van der Waals surface area contributed by atoms with E-state index in [1.165, 1.54) is 5.56 Å². The SMILES string of the molecule is CC(C)C(=O)Nc1cccc(C2CCN(CCC(=O)c3ccc(Br)cc3)CC2)c1. The molecule has 0 aliphatic carbocycles. The molecule has 0 radical (unpaired) electrons. The molecule has 0 spiro atoms. The third-order valence-electron chi connectivity index (χ3n) is 5.56. The zero-order valence-corrected chi connectivity index (χ0v) is 18.7. The first-order chi connectivity index (χ1) is 13.9. The van der Waals surface area contributed by atoms with E-state index in [0.29, 0.717) is 12.3 Å². The Bertz CT molecular complexity index is 840. The van der Waals surface area contributed by atoms with Gasteiger partial charge < -0.3 is 10.2 Å². The average molecular weight is 457 g/mol. The van der Waals surface area contributed by atoms with Crippen molar-refractivity contribution >= 4 is 33.3 Å². The Morgan fingerprint density at radius 2 is 1.79 bits per heavy atom. The molecule has 2 aromatic carbocycles. The molecule has 154 valence electrons. The second-order valence-corrected chi connectivity index (χ2v) is 8.98. The zero-order valence-electron chi connectivity index (χ0n) is 17.2. The summed E-state index contributed by atoms with van der Waals surface area (Å²) in [5.74, 6) is 0.729. The van der Waals surface area contributed by atoms with Crippen molar-refractivity contribution < 1.29 is 9.59 Å². The van der Waals surface area contributed by atoms with Crippen molar-refractivity contribution in [2.75, 3.05) is 25.0 Å². The van der Waals surface area contributed by atoms with E-state index in [4.69, 9.17) is 0 Å². The largest absolute Gasteiger partial charge is 0.326 e. The lowest BCUT2D eigenvalue weighted by atomic mass is 9.89. The van der Waals surface area contributed by atoms with E-state index in [9.17, 15) is 9.59 Å². The van der Waals surface area contributed by atoms with Crippen LogP contribution in [0.3, 0.4) is 0 Å². The highest BCUT2D eigenvalue weighted by Crippen LogP contribution is 2.29. The quantitative estimate of drug-likeness (QED) is 0.559. The van der Waals surface area contributed by atoms with Crippen molar-refractivity contribution in [3.05, 3.63) is 64.1 Å². The molecule has 0 bridgehead atoms. The van der Waals surface area contributed by atoms with Gasteiger partial charge in [-0.2, -0.15) is 0 Å². The summed E-state index contributed by atoms with van der Waals surface area (Å²) in [5.41, 5.74) is 2.95. The maximum atomic E-state index is 12.4. The van der Waals surface area contributed by atoms with Gasteiger partial charge in [-0.3, -0.25) is 9.59 Å². The summed E-state index contributed by atoms with van der Waals surface area (Å²) in [5, 5.41) is 2.99. The van der Waals surface area contributed by atoms with Gasteiger partial charge >= 0.3 is 0 Å². The van der Waals surface area contributed by atoms with Gasteiger partial charge in [0.15, 0.2) is 5.78 Å². The Morgan fingerprint density at radius 3 is 2.45 bits per heavy atom. The molecule has 1 heterocycles. The molecule has 0 atom stereocenters. The minimum Gasteiger partial charge on any atom is -0.326 e. The highest BCUT2D eigenvalue weighted by Gasteiger charge is 2.21. The van der Waals surface area contributed by atoms with Crippen molar-refractivity contribution in [3.8, 4) is 0 Å². The first kappa shape index (κ1) is 21.7. The lowest BCUT2D eigenvalue weighted by Gasteiger charge is -2.32. The number of ketones is 1. The monoisotopic (exact) mass is 456 g/mol. The standard InChI is InChI=1S/C24H29BrN2O2/c1-17(2)24(29)26-22-5-3-4-20(16-22)18-10-13-27(14-11-18)15-12-23(28)19-6-8-21(25)9-7-19/h3-9,16-18H,10-15H2,1-2H3,(H,26,29). The first-order valence-corrected chi connectivity index (χ1v) is 11.1. The summed E-state index contributed by atoms with van der Waals surface area (Å²) in [6.07, 6.45) is 2.71. The average Bonchev–Trinajstić information content (AvgIpc) is 2.73. The van der Waals surface area contributed by atoms with Crippen LogP contribution in [0.2, 0.25) is 0 Å². The normalized spacial score (nSPS) is 15.4. The van der Waals surface area contributed by atoms with Crippen molar-refractivity contribution in [2.45, 2.75) is 39.0 Å². The molecule has 1 aliphatic rings. The molecular formula is C24H29BrN2O2. The maximum Gasteiger partial charge on any atom is 0.226 e. The van der Waals surface area contributed by atoms with Crippen molar-refractivity contribution in [1.82, 2.24) is 4.90 Å². The number of halogens is 1. The smallest absolute Gasteiger partial charge is 0.226 e. The number of benzene rings is 2. The minimum absolute atomic E-state index is 0.0259. The Balaban J connectivity index is 1.48. The van der Waals surface area contributed by atoms with Crippen LogP contribution in [-0.2, 0) is 4.79 Å². The second-order valence-electron chi connectivity index (χ2n) is 8.07. The number of nitrogens with one attached hydrogen (secondary N) is 1. The molecule has 1 fully saturated rings. The molecule has 4 nitrogen and oxygen atoms in total. The lowest BCUT2D eigenvalue weighted by molar-refractivity contribution is -0.118. The number of anilines is 1. The lowest BCUT2D eigenvalue weighted by Crippen LogP contribution is -2.34. The van der Waals surface area contributed by atoms with E-state index in [-0.39, 0.29) is 17.6 Å². The fourth-order valence-electron chi connectivity index (χ4n) is 3.69. The number of likely N-dealkylation sites (tertiary alicyclic amines) is 1. The molecule has 5 heteroatoms. The molecule has 1 amide bonds. The maximum absolute atomic E-state index is 12.4. The Morgan fingerprint density at radius 1 is 1.10 bits per heavy atom. The molecule has 3 rings (SSSR count). The molecule has 1 saturated heterocycles. The number of rotatable bonds is 7. The summed E-state index contributed by atoms with van der Waals surface area (Å²) in [4.78, 5) is 26.7. The van der Waals surface area contributed by atoms with E-state index >= 15 is 0 Å². The molecule has 1 aliphatic heterocycles. The number of hydrogen-bond acceptors (Lipinski definition) is 3. The van der Waals surface area contributed by atoms with Gasteiger partial charge in [-0.1, -0.05) is 54.0 Å². The number of carbonyl (C=O) groups is 2. The number of amides is 1. The van der Waals surface area contributed by atoms with Crippen LogP contribution in [0.1, 0.15) is 54.9 Å². The minimum atomic E-state index is -0.0259. The van der Waals surface area contributed by atoms with Crippen LogP contribution in [0.5, 0.6) is 0 Å². The fourth-order valence-corrected chi connectivity index (χ4v) is 3.95. The second kappa shape index (κ2) is 10.2. The summed E-state index contributed by atoms with van der Waals surface area (Å²) >= 11 is 3.40. The van der Waals surface area contributed by atoms with E-state index < -0.39 is 0 Å². The number of Topliss-reactive ketones (excluding diaryl/α,β-unsaturated/α-hetero) is 1. The molecule has 1 N–H and O–H groups in total. The van der Waals surface area contributed by atoms with Gasteiger partial charge in [-0.15, -0.1) is 0 Å². The van der Waals surface area contributed by atoms with Gasteiger partial charge in [0.2, 0.25) is 5.91 Å². The van der Waals surface area contributed by atoms with Gasteiger partial charge in [-0.25, -0.2) is 0 Å². The van der Waals surface area contributed by atoms with E-state index in [1.54, 1.807) is 0 Å². The van der Waals surface area contributed by atoms with Gasteiger partial charge in [0.05, 0.1) is 0 Å². The molecule has 29 heavy (non-hydrogen) atoms. The number of nitrogens with zero attached hydrogens (tertiary/aromatic N) is 1. The van der Waals surface area contributed by atoms with Crippen LogP contribution in [0.15, 0.2) is 53.0 Å². The van der Waals surface area contributed by atoms with E-state index in [0.717, 1.165) is 48.2 Å². The topological polar surface area (TPSA) is 49.4 Å². The van der Waals surface area contributed by atoms with Crippen LogP contribution >= 0.6 is 15.9 Å². The predicted octanol–water partition coefficient (Wildman–Crippen LogP) is 5.50. The van der Waals surface area contributed by atoms with E-state index in [2.05, 4.69) is 38.3 Å². The molecule has 0 aromatic heterocycles. The highest BCUT2D eigenvalue weighted by atomic mass is 79.9.